The van der Waals surface area contributed by atoms with Gasteiger partial charge >= 0.3 is 0 Å². The van der Waals surface area contributed by atoms with Crippen molar-refractivity contribution in [3.05, 3.63) is 24.0 Å². The van der Waals surface area contributed by atoms with Gasteiger partial charge in [0.25, 0.3) is 0 Å². The summed E-state index contributed by atoms with van der Waals surface area (Å²) in [5.41, 5.74) is 9.12. The number of hydrogen-bond donors (Lipinski definition) is 2. The molecule has 0 amide bonds. The zero-order valence-electron chi connectivity index (χ0n) is 9.40. The van der Waals surface area contributed by atoms with Crippen molar-refractivity contribution < 1.29 is 0 Å². The summed E-state index contributed by atoms with van der Waals surface area (Å²) in [5, 5.41) is 4.72. The predicted octanol–water partition coefficient (Wildman–Crippen LogP) is 1.61. The van der Waals surface area contributed by atoms with E-state index in [9.17, 15) is 0 Å². The Morgan fingerprint density at radius 1 is 1.56 bits per heavy atom. The third-order valence-electron chi connectivity index (χ3n) is 3.09. The zero-order valence-corrected chi connectivity index (χ0v) is 9.40. The Morgan fingerprint density at radius 2 is 2.38 bits per heavy atom. The molecule has 3 N–H and O–H groups in total. The van der Waals surface area contributed by atoms with E-state index in [0.29, 0.717) is 12.6 Å². The maximum atomic E-state index is 5.78. The number of nitrogens with two attached hydrogens (primary N) is 1. The summed E-state index contributed by atoms with van der Waals surface area (Å²) >= 11 is 0. The number of fused-ring (bicyclic) bond motifs is 1. The molecule has 0 bridgehead atoms. The summed E-state index contributed by atoms with van der Waals surface area (Å²) in [4.78, 5) is 4.41. The van der Waals surface area contributed by atoms with Gasteiger partial charge in [0.2, 0.25) is 0 Å². The fourth-order valence-electron chi connectivity index (χ4n) is 2.12. The van der Waals surface area contributed by atoms with Gasteiger partial charge in [-0.1, -0.05) is 0 Å². The number of nitrogens with one attached hydrogen (secondary N) is 1. The Balaban J connectivity index is 2.17. The predicted molar refractivity (Wildman–Crippen MR) is 65.3 cm³/mol. The molecule has 1 aliphatic rings. The van der Waals surface area contributed by atoms with Gasteiger partial charge in [-0.15, -0.1) is 0 Å². The van der Waals surface area contributed by atoms with Crippen molar-refractivity contribution in [2.75, 3.05) is 5.32 Å². The van der Waals surface area contributed by atoms with Gasteiger partial charge < -0.3 is 15.6 Å². The van der Waals surface area contributed by atoms with Crippen molar-refractivity contribution in [1.82, 2.24) is 9.55 Å². The summed E-state index contributed by atoms with van der Waals surface area (Å²) in [6.07, 6.45) is 6.46. The molecule has 84 valence electrons. The van der Waals surface area contributed by atoms with Gasteiger partial charge in [-0.05, 0) is 24.5 Å². The first-order valence-electron chi connectivity index (χ1n) is 5.69. The topological polar surface area (TPSA) is 55.9 Å². The van der Waals surface area contributed by atoms with E-state index < -0.39 is 0 Å². The fourth-order valence-corrected chi connectivity index (χ4v) is 2.12. The highest BCUT2D eigenvalue weighted by molar-refractivity contribution is 5.93. The van der Waals surface area contributed by atoms with Gasteiger partial charge in [-0.3, -0.25) is 0 Å². The van der Waals surface area contributed by atoms with Crippen molar-refractivity contribution in [1.29, 1.82) is 0 Å². The highest BCUT2D eigenvalue weighted by Crippen LogP contribution is 2.31. The lowest BCUT2D eigenvalue weighted by Gasteiger charge is -2.07. The highest BCUT2D eigenvalue weighted by atomic mass is 15.0. The molecular formula is C12H16N4. The number of anilines is 1. The second-order valence-corrected chi connectivity index (χ2v) is 4.45. The van der Waals surface area contributed by atoms with Gasteiger partial charge in [-0.25, -0.2) is 4.98 Å². The molecule has 0 saturated heterocycles. The van der Waals surface area contributed by atoms with Crippen LogP contribution in [-0.4, -0.2) is 15.6 Å². The maximum Gasteiger partial charge on any atom is 0.141 e. The lowest BCUT2D eigenvalue weighted by molar-refractivity contribution is 0.933. The zero-order chi connectivity index (χ0) is 11.1. The Kier molecular flexibility index (Phi) is 2.11. The lowest BCUT2D eigenvalue weighted by atomic mass is 10.2. The molecule has 0 aliphatic heterocycles. The fraction of sp³-hybridized carbons (Fsp3) is 0.417. The minimum atomic E-state index is 0.558. The third-order valence-corrected chi connectivity index (χ3v) is 3.09. The van der Waals surface area contributed by atoms with Crippen LogP contribution in [0.1, 0.15) is 18.4 Å². The normalized spacial score (nSPS) is 15.6. The minimum Gasteiger partial charge on any atom is -0.382 e. The number of aromatic nitrogens is 2. The average Bonchev–Trinajstić information content (AvgIpc) is 3.04. The molecule has 4 nitrogen and oxygen atoms in total. The SMILES string of the molecule is Cn1cc(CN)c2c(NC3CC3)ccnc21. The average molecular weight is 216 g/mol. The quantitative estimate of drug-likeness (QED) is 0.819. The second-order valence-electron chi connectivity index (χ2n) is 4.45. The first-order valence-corrected chi connectivity index (χ1v) is 5.69. The van der Waals surface area contributed by atoms with Crippen molar-refractivity contribution in [3.63, 3.8) is 0 Å². The van der Waals surface area contributed by atoms with Gasteiger partial charge in [0.15, 0.2) is 0 Å². The molecular weight excluding hydrogens is 200 g/mol. The van der Waals surface area contributed by atoms with Crippen LogP contribution in [0.3, 0.4) is 0 Å². The van der Waals surface area contributed by atoms with Crippen LogP contribution in [0, 0.1) is 0 Å². The number of nitrogens with zero attached hydrogens (tertiary/aromatic N) is 2. The van der Waals surface area contributed by atoms with E-state index in [1.165, 1.54) is 23.9 Å². The van der Waals surface area contributed by atoms with Crippen LogP contribution in [0.4, 0.5) is 5.69 Å². The molecule has 3 rings (SSSR count). The lowest BCUT2D eigenvalue weighted by Crippen LogP contribution is -2.03. The van der Waals surface area contributed by atoms with Crippen molar-refractivity contribution in [2.45, 2.75) is 25.4 Å². The number of aryl methyl sites for hydroxylation is 1. The first-order chi connectivity index (χ1) is 7.79. The molecule has 2 aromatic rings. The van der Waals surface area contributed by atoms with Crippen LogP contribution in [0.5, 0.6) is 0 Å². The first kappa shape index (κ1) is 9.66. The van der Waals surface area contributed by atoms with Crippen molar-refractivity contribution >= 4 is 16.7 Å². The Morgan fingerprint density at radius 3 is 3.06 bits per heavy atom. The van der Waals surface area contributed by atoms with Gasteiger partial charge in [0.1, 0.15) is 5.65 Å². The van der Waals surface area contributed by atoms with Crippen LogP contribution in [0.25, 0.3) is 11.0 Å². The number of pyridine rings is 1. The second kappa shape index (κ2) is 3.49. The molecule has 16 heavy (non-hydrogen) atoms. The van der Waals surface area contributed by atoms with E-state index in [0.717, 1.165) is 11.2 Å². The van der Waals surface area contributed by atoms with E-state index in [4.69, 9.17) is 5.73 Å². The third kappa shape index (κ3) is 1.46. The molecule has 0 aromatic carbocycles. The molecule has 4 heteroatoms. The van der Waals surface area contributed by atoms with Crippen LogP contribution in [-0.2, 0) is 13.6 Å². The monoisotopic (exact) mass is 216 g/mol. The summed E-state index contributed by atoms with van der Waals surface area (Å²) in [7, 11) is 2.01. The van der Waals surface area contributed by atoms with Crippen LogP contribution in [0.2, 0.25) is 0 Å². The summed E-state index contributed by atoms with van der Waals surface area (Å²) in [6.45, 7) is 0.558. The van der Waals surface area contributed by atoms with E-state index in [1.807, 2.05) is 23.9 Å². The summed E-state index contributed by atoms with van der Waals surface area (Å²) in [6, 6.07) is 2.69. The molecule has 0 unspecified atom stereocenters. The Labute approximate surface area is 94.5 Å². The van der Waals surface area contributed by atoms with Crippen LogP contribution < -0.4 is 11.1 Å². The van der Waals surface area contributed by atoms with Crippen LogP contribution >= 0.6 is 0 Å². The molecule has 1 aliphatic carbocycles. The number of rotatable bonds is 3. The molecule has 1 saturated carbocycles. The number of hydrogen-bond acceptors (Lipinski definition) is 3. The minimum absolute atomic E-state index is 0.558. The molecule has 0 radical (unpaired) electrons. The Hall–Kier alpha value is -1.55. The smallest absolute Gasteiger partial charge is 0.141 e. The van der Waals surface area contributed by atoms with Gasteiger partial charge in [0.05, 0.1) is 0 Å². The van der Waals surface area contributed by atoms with Crippen molar-refractivity contribution in [2.24, 2.45) is 12.8 Å². The van der Waals surface area contributed by atoms with E-state index in [-0.39, 0.29) is 0 Å². The van der Waals surface area contributed by atoms with Crippen molar-refractivity contribution in [3.8, 4) is 0 Å². The molecule has 2 aromatic heterocycles. The van der Waals surface area contributed by atoms with Gasteiger partial charge in [-0.2, -0.15) is 0 Å². The summed E-state index contributed by atoms with van der Waals surface area (Å²) in [5.74, 6) is 0. The standard InChI is InChI=1S/C12H16N4/c1-16-7-8(6-13)11-10(15-9-2-3-9)4-5-14-12(11)16/h4-5,7,9H,2-3,6,13H2,1H3,(H,14,15). The molecule has 1 fully saturated rings. The molecule has 0 atom stereocenters. The largest absolute Gasteiger partial charge is 0.382 e. The molecule has 2 heterocycles. The maximum absolute atomic E-state index is 5.78. The Bertz CT molecular complexity index is 525. The van der Waals surface area contributed by atoms with E-state index in [1.54, 1.807) is 0 Å². The molecule has 0 spiro atoms. The van der Waals surface area contributed by atoms with Gasteiger partial charge in [0, 0.05) is 43.1 Å². The van der Waals surface area contributed by atoms with E-state index in [2.05, 4.69) is 16.5 Å². The summed E-state index contributed by atoms with van der Waals surface area (Å²) < 4.78 is 2.04. The highest BCUT2D eigenvalue weighted by Gasteiger charge is 2.22. The van der Waals surface area contributed by atoms with E-state index >= 15 is 0 Å². The van der Waals surface area contributed by atoms with Crippen LogP contribution in [0.15, 0.2) is 18.5 Å².